The average Bonchev–Trinajstić information content (AvgIpc) is 2.12. The van der Waals surface area contributed by atoms with Crippen LogP contribution in [0.25, 0.3) is 0 Å². The van der Waals surface area contributed by atoms with Crippen molar-refractivity contribution in [2.45, 2.75) is 13.8 Å². The maximum Gasteiger partial charge on any atom is 0.251 e. The highest BCUT2D eigenvalue weighted by Gasteiger charge is 1.95. The van der Waals surface area contributed by atoms with Gasteiger partial charge in [0.1, 0.15) is 5.82 Å². The molecule has 1 aromatic heterocycles. The van der Waals surface area contributed by atoms with Gasteiger partial charge in [-0.3, -0.25) is 9.36 Å². The van der Waals surface area contributed by atoms with Crippen molar-refractivity contribution in [3.8, 4) is 0 Å². The summed E-state index contributed by atoms with van der Waals surface area (Å²) in [5.41, 5.74) is 1.27. The smallest absolute Gasteiger partial charge is 0.251 e. The second kappa shape index (κ2) is 4.65. The molecule has 0 aromatic carbocycles. The quantitative estimate of drug-likeness (QED) is 0.740. The zero-order chi connectivity index (χ0) is 10.6. The highest BCUT2D eigenvalue weighted by atomic mass is 16.1. The Kier molecular flexibility index (Phi) is 3.51. The first-order valence-electron chi connectivity index (χ1n) is 4.64. The van der Waals surface area contributed by atoms with Crippen LogP contribution in [0.4, 0.5) is 5.82 Å². The first kappa shape index (κ1) is 10.6. The van der Waals surface area contributed by atoms with Crippen LogP contribution in [-0.2, 0) is 7.05 Å². The number of hydrogen-bond donors (Lipinski definition) is 1. The van der Waals surface area contributed by atoms with Crippen molar-refractivity contribution in [3.05, 3.63) is 40.2 Å². The molecule has 76 valence electrons. The summed E-state index contributed by atoms with van der Waals surface area (Å²) in [6.45, 7) is 4.84. The van der Waals surface area contributed by atoms with Gasteiger partial charge in [0.05, 0.1) is 0 Å². The molecule has 0 aliphatic carbocycles. The summed E-state index contributed by atoms with van der Waals surface area (Å²) in [6.07, 6.45) is 2.08. The zero-order valence-electron chi connectivity index (χ0n) is 8.87. The number of anilines is 1. The Morgan fingerprint density at radius 1 is 1.50 bits per heavy atom. The molecule has 0 radical (unpaired) electrons. The third-order valence-electron chi connectivity index (χ3n) is 1.98. The Labute approximate surface area is 84.1 Å². The van der Waals surface area contributed by atoms with Crippen LogP contribution in [0.3, 0.4) is 0 Å². The monoisotopic (exact) mass is 192 g/mol. The maximum absolute atomic E-state index is 11.2. The molecule has 1 rings (SSSR count). The van der Waals surface area contributed by atoms with Crippen LogP contribution in [0.1, 0.15) is 13.8 Å². The normalized spacial score (nSPS) is 9.64. The Morgan fingerprint density at radius 2 is 2.21 bits per heavy atom. The van der Waals surface area contributed by atoms with Crippen molar-refractivity contribution in [1.82, 2.24) is 4.57 Å². The fraction of sp³-hybridized carbons (Fsp3) is 0.364. The Balaban J connectivity index is 2.73. The lowest BCUT2D eigenvalue weighted by Crippen LogP contribution is -2.19. The molecule has 1 N–H and O–H groups in total. The first-order valence-corrected chi connectivity index (χ1v) is 4.64. The summed E-state index contributed by atoms with van der Waals surface area (Å²) >= 11 is 0. The predicted molar refractivity (Wildman–Crippen MR) is 59.6 cm³/mol. The summed E-state index contributed by atoms with van der Waals surface area (Å²) in [4.78, 5) is 11.2. The van der Waals surface area contributed by atoms with Crippen LogP contribution >= 0.6 is 0 Å². The number of pyridine rings is 1. The van der Waals surface area contributed by atoms with Gasteiger partial charge in [0, 0.05) is 19.7 Å². The minimum atomic E-state index is 0.00667. The van der Waals surface area contributed by atoms with Gasteiger partial charge in [-0.15, -0.1) is 0 Å². The minimum absolute atomic E-state index is 0.00667. The van der Waals surface area contributed by atoms with Gasteiger partial charge < -0.3 is 5.32 Å². The number of nitrogens with zero attached hydrogens (tertiary/aromatic N) is 1. The van der Waals surface area contributed by atoms with Gasteiger partial charge in [-0.05, 0) is 19.9 Å². The molecule has 0 saturated carbocycles. The number of nitrogens with one attached hydrogen (secondary N) is 1. The summed E-state index contributed by atoms with van der Waals surface area (Å²) in [6, 6.07) is 5.19. The van der Waals surface area contributed by atoms with Crippen LogP contribution in [0.5, 0.6) is 0 Å². The number of allylic oxidation sites excluding steroid dienone is 1. The summed E-state index contributed by atoms with van der Waals surface area (Å²) in [5, 5.41) is 3.17. The molecule has 14 heavy (non-hydrogen) atoms. The van der Waals surface area contributed by atoms with Crippen LogP contribution in [0, 0.1) is 0 Å². The van der Waals surface area contributed by atoms with Crippen LogP contribution in [0.15, 0.2) is 34.6 Å². The third-order valence-corrected chi connectivity index (χ3v) is 1.98. The van der Waals surface area contributed by atoms with Crippen molar-refractivity contribution >= 4 is 5.82 Å². The summed E-state index contributed by atoms with van der Waals surface area (Å²) in [5.74, 6) is 0.843. The van der Waals surface area contributed by atoms with Crippen LogP contribution < -0.4 is 10.9 Å². The maximum atomic E-state index is 11.2. The largest absolute Gasteiger partial charge is 0.368 e. The molecule has 3 heteroatoms. The van der Waals surface area contributed by atoms with Crippen molar-refractivity contribution in [3.63, 3.8) is 0 Å². The van der Waals surface area contributed by atoms with Gasteiger partial charge in [0.2, 0.25) is 0 Å². The van der Waals surface area contributed by atoms with E-state index in [-0.39, 0.29) is 5.56 Å². The Hall–Kier alpha value is -1.51. The van der Waals surface area contributed by atoms with Crippen molar-refractivity contribution in [2.75, 3.05) is 11.9 Å². The standard InChI is InChI=1S/C11H16N2O/c1-9(2)7-8-12-10-5-4-6-11(14)13(10)3/h4-7,12H,8H2,1-3H3. The summed E-state index contributed by atoms with van der Waals surface area (Å²) in [7, 11) is 1.76. The molecular weight excluding hydrogens is 176 g/mol. The third kappa shape index (κ3) is 2.76. The van der Waals surface area contributed by atoms with Gasteiger partial charge in [-0.2, -0.15) is 0 Å². The highest BCUT2D eigenvalue weighted by Crippen LogP contribution is 2.00. The molecule has 0 aliphatic rings. The van der Waals surface area contributed by atoms with Crippen molar-refractivity contribution in [2.24, 2.45) is 7.05 Å². The van der Waals surface area contributed by atoms with E-state index in [2.05, 4.69) is 11.4 Å². The van der Waals surface area contributed by atoms with E-state index in [1.54, 1.807) is 23.7 Å². The second-order valence-corrected chi connectivity index (χ2v) is 3.47. The zero-order valence-corrected chi connectivity index (χ0v) is 8.87. The molecule has 1 heterocycles. The SMILES string of the molecule is CC(C)=CCNc1cccc(=O)n1C. The molecule has 3 nitrogen and oxygen atoms in total. The van der Waals surface area contributed by atoms with Crippen molar-refractivity contribution < 1.29 is 0 Å². The lowest BCUT2D eigenvalue weighted by atomic mass is 10.3. The fourth-order valence-electron chi connectivity index (χ4n) is 1.10. The fourth-order valence-corrected chi connectivity index (χ4v) is 1.10. The number of rotatable bonds is 3. The van der Waals surface area contributed by atoms with Crippen LogP contribution in [0.2, 0.25) is 0 Å². The molecular formula is C11H16N2O. The molecule has 0 spiro atoms. The lowest BCUT2D eigenvalue weighted by molar-refractivity contribution is 0.862. The molecule has 0 saturated heterocycles. The molecule has 1 aromatic rings. The Bertz CT molecular complexity index is 387. The highest BCUT2D eigenvalue weighted by molar-refractivity contribution is 5.35. The van der Waals surface area contributed by atoms with Gasteiger partial charge in [0.15, 0.2) is 0 Å². The van der Waals surface area contributed by atoms with Crippen molar-refractivity contribution in [1.29, 1.82) is 0 Å². The number of hydrogen-bond acceptors (Lipinski definition) is 2. The van der Waals surface area contributed by atoms with E-state index in [1.807, 2.05) is 19.9 Å². The van der Waals surface area contributed by atoms with Gasteiger partial charge >= 0.3 is 0 Å². The molecule has 0 atom stereocenters. The topological polar surface area (TPSA) is 34.0 Å². The van der Waals surface area contributed by atoms with E-state index in [1.165, 1.54) is 5.57 Å². The molecule has 0 unspecified atom stereocenters. The number of aromatic nitrogens is 1. The second-order valence-electron chi connectivity index (χ2n) is 3.47. The van der Waals surface area contributed by atoms with E-state index in [9.17, 15) is 4.79 Å². The van der Waals surface area contributed by atoms with Gasteiger partial charge in [-0.1, -0.05) is 17.7 Å². The molecule has 0 amide bonds. The molecule has 0 aliphatic heterocycles. The average molecular weight is 192 g/mol. The van der Waals surface area contributed by atoms with E-state index in [0.29, 0.717) is 0 Å². The molecule has 0 fully saturated rings. The van der Waals surface area contributed by atoms with E-state index >= 15 is 0 Å². The Morgan fingerprint density at radius 3 is 2.86 bits per heavy atom. The predicted octanol–water partition coefficient (Wildman–Crippen LogP) is 1.76. The minimum Gasteiger partial charge on any atom is -0.368 e. The van der Waals surface area contributed by atoms with E-state index in [4.69, 9.17) is 0 Å². The first-order chi connectivity index (χ1) is 6.61. The molecule has 0 bridgehead atoms. The summed E-state index contributed by atoms with van der Waals surface area (Å²) < 4.78 is 1.60. The van der Waals surface area contributed by atoms with Crippen LogP contribution in [-0.4, -0.2) is 11.1 Å². The van der Waals surface area contributed by atoms with E-state index < -0.39 is 0 Å². The lowest BCUT2D eigenvalue weighted by Gasteiger charge is -2.08. The van der Waals surface area contributed by atoms with Gasteiger partial charge in [0.25, 0.3) is 5.56 Å². The van der Waals surface area contributed by atoms with E-state index in [0.717, 1.165) is 12.4 Å². The van der Waals surface area contributed by atoms with Gasteiger partial charge in [-0.25, -0.2) is 0 Å².